The van der Waals surface area contributed by atoms with E-state index in [1.54, 1.807) is 13.0 Å². The molecule has 1 aromatic carbocycles. The highest BCUT2D eigenvalue weighted by Crippen LogP contribution is 2.22. The van der Waals surface area contributed by atoms with E-state index in [-0.39, 0.29) is 17.4 Å². The molecule has 0 radical (unpaired) electrons. The van der Waals surface area contributed by atoms with Gasteiger partial charge in [0.05, 0.1) is 17.6 Å². The number of carbonyl (C=O) groups excluding carboxylic acids is 1. The van der Waals surface area contributed by atoms with E-state index in [9.17, 15) is 14.9 Å². The van der Waals surface area contributed by atoms with E-state index in [4.69, 9.17) is 4.74 Å². The third kappa shape index (κ3) is 4.02. The van der Waals surface area contributed by atoms with Crippen LogP contribution in [0.5, 0.6) is 0 Å². The van der Waals surface area contributed by atoms with Crippen molar-refractivity contribution in [3.05, 3.63) is 34.4 Å². The first-order valence-corrected chi connectivity index (χ1v) is 5.34. The zero-order valence-electron chi connectivity index (χ0n) is 10.2. The lowest BCUT2D eigenvalue weighted by Gasteiger charge is -2.13. The highest BCUT2D eigenvalue weighted by atomic mass is 16.6. The molecule has 0 heterocycles. The van der Waals surface area contributed by atoms with Crippen LogP contribution in [0.4, 0.5) is 16.2 Å². The molecule has 0 aliphatic carbocycles. The van der Waals surface area contributed by atoms with Crippen LogP contribution in [0.1, 0.15) is 6.92 Å². The van der Waals surface area contributed by atoms with Gasteiger partial charge in [-0.2, -0.15) is 0 Å². The molecule has 0 bridgehead atoms. The Morgan fingerprint density at radius 1 is 1.50 bits per heavy atom. The van der Waals surface area contributed by atoms with Gasteiger partial charge in [0.15, 0.2) is 0 Å². The zero-order chi connectivity index (χ0) is 13.5. The summed E-state index contributed by atoms with van der Waals surface area (Å²) in [6.45, 7) is 2.13. The number of benzene rings is 1. The van der Waals surface area contributed by atoms with Crippen molar-refractivity contribution in [3.63, 3.8) is 0 Å². The lowest BCUT2D eigenvalue weighted by Crippen LogP contribution is -2.38. The van der Waals surface area contributed by atoms with Crippen LogP contribution in [0.2, 0.25) is 0 Å². The number of nitrogens with zero attached hydrogens (tertiary/aromatic N) is 1. The fourth-order valence-electron chi connectivity index (χ4n) is 1.41. The minimum Gasteiger partial charge on any atom is -0.383 e. The van der Waals surface area contributed by atoms with Crippen LogP contribution in [0.3, 0.4) is 0 Å². The summed E-state index contributed by atoms with van der Waals surface area (Å²) < 4.78 is 4.87. The normalized spacial score (nSPS) is 11.7. The second-order valence-electron chi connectivity index (χ2n) is 3.73. The third-order valence-corrected chi connectivity index (χ3v) is 2.14. The molecule has 0 fully saturated rings. The van der Waals surface area contributed by atoms with Gasteiger partial charge in [-0.25, -0.2) is 4.79 Å². The van der Waals surface area contributed by atoms with Crippen molar-refractivity contribution >= 4 is 17.4 Å². The second kappa shape index (κ2) is 6.55. The molecule has 0 aromatic heterocycles. The van der Waals surface area contributed by atoms with Crippen LogP contribution >= 0.6 is 0 Å². The van der Waals surface area contributed by atoms with Gasteiger partial charge >= 0.3 is 6.03 Å². The summed E-state index contributed by atoms with van der Waals surface area (Å²) in [5.41, 5.74) is 0.0108. The highest BCUT2D eigenvalue weighted by molar-refractivity contribution is 5.91. The average Bonchev–Trinajstić information content (AvgIpc) is 2.29. The van der Waals surface area contributed by atoms with Crippen molar-refractivity contribution in [1.29, 1.82) is 0 Å². The van der Waals surface area contributed by atoms with E-state index in [2.05, 4.69) is 10.6 Å². The van der Waals surface area contributed by atoms with Gasteiger partial charge in [0.25, 0.3) is 5.69 Å². The van der Waals surface area contributed by atoms with Gasteiger partial charge in [0, 0.05) is 13.2 Å². The molecule has 0 unspecified atom stereocenters. The number of ether oxygens (including phenoxy) is 1. The predicted octanol–water partition coefficient (Wildman–Crippen LogP) is 1.75. The Morgan fingerprint density at radius 2 is 2.17 bits per heavy atom. The molecule has 7 nitrogen and oxygen atoms in total. The number of para-hydroxylation sites is 2. The van der Waals surface area contributed by atoms with Crippen molar-refractivity contribution in [2.75, 3.05) is 19.0 Å². The van der Waals surface area contributed by atoms with Gasteiger partial charge in [-0.15, -0.1) is 0 Å². The van der Waals surface area contributed by atoms with Gasteiger partial charge in [-0.3, -0.25) is 10.1 Å². The number of nitro groups is 1. The fourth-order valence-corrected chi connectivity index (χ4v) is 1.41. The molecule has 0 saturated heterocycles. The SMILES string of the molecule is COC[C@H](C)NC(=O)Nc1ccccc1[N+](=O)[O-]. The van der Waals surface area contributed by atoms with E-state index in [1.165, 1.54) is 25.3 Å². The lowest BCUT2D eigenvalue weighted by molar-refractivity contribution is -0.383. The van der Waals surface area contributed by atoms with Gasteiger partial charge in [0.1, 0.15) is 5.69 Å². The number of amides is 2. The van der Waals surface area contributed by atoms with Crippen LogP contribution in [-0.2, 0) is 4.74 Å². The molecule has 0 saturated carbocycles. The topological polar surface area (TPSA) is 93.5 Å². The quantitative estimate of drug-likeness (QED) is 0.617. The van der Waals surface area contributed by atoms with Crippen LogP contribution in [-0.4, -0.2) is 30.7 Å². The fraction of sp³-hybridized carbons (Fsp3) is 0.364. The van der Waals surface area contributed by atoms with Crippen LogP contribution in [0.25, 0.3) is 0 Å². The summed E-state index contributed by atoms with van der Waals surface area (Å²) >= 11 is 0. The molecular formula is C11H15N3O4. The van der Waals surface area contributed by atoms with E-state index >= 15 is 0 Å². The molecule has 0 aliphatic rings. The molecule has 7 heteroatoms. The van der Waals surface area contributed by atoms with Crippen LogP contribution < -0.4 is 10.6 Å². The number of hydrogen-bond acceptors (Lipinski definition) is 4. The first-order valence-electron chi connectivity index (χ1n) is 5.34. The highest BCUT2D eigenvalue weighted by Gasteiger charge is 2.15. The maximum atomic E-state index is 11.6. The van der Waals surface area contributed by atoms with Crippen molar-refractivity contribution in [2.24, 2.45) is 0 Å². The first-order chi connectivity index (χ1) is 8.54. The van der Waals surface area contributed by atoms with Gasteiger partial charge in [0.2, 0.25) is 0 Å². The smallest absolute Gasteiger partial charge is 0.319 e. The summed E-state index contributed by atoms with van der Waals surface area (Å²) in [5.74, 6) is 0. The summed E-state index contributed by atoms with van der Waals surface area (Å²) in [6, 6.07) is 5.26. The van der Waals surface area contributed by atoms with E-state index in [0.29, 0.717) is 6.61 Å². The van der Waals surface area contributed by atoms with E-state index in [1.807, 2.05) is 0 Å². The number of hydrogen-bond donors (Lipinski definition) is 2. The molecule has 18 heavy (non-hydrogen) atoms. The molecular weight excluding hydrogens is 238 g/mol. The van der Waals surface area contributed by atoms with Crippen molar-refractivity contribution in [3.8, 4) is 0 Å². The zero-order valence-corrected chi connectivity index (χ0v) is 10.2. The summed E-state index contributed by atoms with van der Waals surface area (Å²) in [4.78, 5) is 21.8. The summed E-state index contributed by atoms with van der Waals surface area (Å²) in [6.07, 6.45) is 0. The molecule has 1 aromatic rings. The predicted molar refractivity (Wildman–Crippen MR) is 66.6 cm³/mol. The number of carbonyl (C=O) groups is 1. The molecule has 0 spiro atoms. The summed E-state index contributed by atoms with van der Waals surface area (Å²) in [5, 5.41) is 15.8. The van der Waals surface area contributed by atoms with Gasteiger partial charge < -0.3 is 15.4 Å². The van der Waals surface area contributed by atoms with Crippen molar-refractivity contribution in [1.82, 2.24) is 5.32 Å². The summed E-state index contributed by atoms with van der Waals surface area (Å²) in [7, 11) is 1.53. The Labute approximate surface area is 104 Å². The number of nitrogens with one attached hydrogen (secondary N) is 2. The maximum Gasteiger partial charge on any atom is 0.319 e. The van der Waals surface area contributed by atoms with E-state index in [0.717, 1.165) is 0 Å². The molecule has 98 valence electrons. The number of urea groups is 1. The van der Waals surface area contributed by atoms with Crippen LogP contribution in [0.15, 0.2) is 24.3 Å². The number of rotatable bonds is 5. The lowest BCUT2D eigenvalue weighted by atomic mass is 10.2. The largest absolute Gasteiger partial charge is 0.383 e. The molecule has 1 rings (SSSR count). The molecule has 0 aliphatic heterocycles. The van der Waals surface area contributed by atoms with Crippen molar-refractivity contribution < 1.29 is 14.5 Å². The Morgan fingerprint density at radius 3 is 2.78 bits per heavy atom. The Bertz CT molecular complexity index is 436. The van der Waals surface area contributed by atoms with E-state index < -0.39 is 11.0 Å². The minimum absolute atomic E-state index is 0.146. The molecule has 2 N–H and O–H groups in total. The first kappa shape index (κ1) is 13.9. The maximum absolute atomic E-state index is 11.6. The number of nitro benzene ring substituents is 1. The van der Waals surface area contributed by atoms with Crippen LogP contribution in [0, 0.1) is 10.1 Å². The average molecular weight is 253 g/mol. The minimum atomic E-state index is -0.547. The standard InChI is InChI=1S/C11H15N3O4/c1-8(7-18-2)12-11(15)13-9-5-3-4-6-10(9)14(16)17/h3-6,8H,7H2,1-2H3,(H2,12,13,15)/t8-/m0/s1. The Kier molecular flexibility index (Phi) is 5.06. The number of methoxy groups -OCH3 is 1. The Hall–Kier alpha value is -2.15. The monoisotopic (exact) mass is 253 g/mol. The second-order valence-corrected chi connectivity index (χ2v) is 3.73. The van der Waals surface area contributed by atoms with Crippen molar-refractivity contribution in [2.45, 2.75) is 13.0 Å². The Balaban J connectivity index is 2.67. The molecule has 2 amide bonds. The molecule has 1 atom stereocenters. The number of anilines is 1. The van der Waals surface area contributed by atoms with Gasteiger partial charge in [-0.1, -0.05) is 12.1 Å². The van der Waals surface area contributed by atoms with Gasteiger partial charge in [-0.05, 0) is 13.0 Å². The third-order valence-electron chi connectivity index (χ3n) is 2.14.